The maximum absolute atomic E-state index is 11.2. The van der Waals surface area contributed by atoms with Crippen LogP contribution in [0.1, 0.15) is 32.6 Å². The van der Waals surface area contributed by atoms with Gasteiger partial charge in [-0.2, -0.15) is 10.1 Å². The van der Waals surface area contributed by atoms with Gasteiger partial charge in [0.1, 0.15) is 5.65 Å². The van der Waals surface area contributed by atoms with Crippen molar-refractivity contribution in [3.63, 3.8) is 0 Å². The van der Waals surface area contributed by atoms with E-state index in [1.165, 1.54) is 0 Å². The molecular formula is C20H22N8O. The Morgan fingerprint density at radius 2 is 2.00 bits per heavy atom. The van der Waals surface area contributed by atoms with E-state index in [9.17, 15) is 4.79 Å². The number of hydrogen-bond donors (Lipinski definition) is 3. The van der Waals surface area contributed by atoms with Crippen molar-refractivity contribution in [2.45, 2.75) is 44.7 Å². The number of nitrogens with zero attached hydrogens (tertiary/aromatic N) is 5. The van der Waals surface area contributed by atoms with Crippen LogP contribution >= 0.6 is 0 Å². The fourth-order valence-electron chi connectivity index (χ4n) is 4.00. The van der Waals surface area contributed by atoms with Crippen LogP contribution in [-0.4, -0.2) is 47.5 Å². The van der Waals surface area contributed by atoms with E-state index < -0.39 is 0 Å². The van der Waals surface area contributed by atoms with Crippen LogP contribution < -0.4 is 10.6 Å². The number of H-pyrrole nitrogens is 1. The van der Waals surface area contributed by atoms with Crippen molar-refractivity contribution in [3.8, 4) is 11.3 Å². The summed E-state index contributed by atoms with van der Waals surface area (Å²) in [4.78, 5) is 27.8. The van der Waals surface area contributed by atoms with Gasteiger partial charge in [0.25, 0.3) is 0 Å². The van der Waals surface area contributed by atoms with Crippen LogP contribution in [0.4, 0.5) is 5.95 Å². The average molecular weight is 390 g/mol. The van der Waals surface area contributed by atoms with Crippen LogP contribution in [-0.2, 0) is 4.79 Å². The molecule has 0 saturated heterocycles. The summed E-state index contributed by atoms with van der Waals surface area (Å²) in [5.74, 6) is 0.659. The first kappa shape index (κ1) is 17.6. The summed E-state index contributed by atoms with van der Waals surface area (Å²) < 4.78 is 1.75. The molecule has 0 atom stereocenters. The molecule has 0 aromatic carbocycles. The molecule has 0 bridgehead atoms. The largest absolute Gasteiger partial charge is 0.354 e. The molecule has 0 unspecified atom stereocenters. The summed E-state index contributed by atoms with van der Waals surface area (Å²) in [7, 11) is 0. The standard InChI is InChI=1S/C20H22N8O/c1-12(29)24-13-2-4-14(5-3-13)25-20-23-11-16-15(10-22-19(16)26-20)17-6-7-18-21-8-9-28(18)27-17/h6-11,13-14H,2-5H2,1H3,(H,24,29)(H2,22,23,25,26). The number of fused-ring (bicyclic) bond motifs is 2. The van der Waals surface area contributed by atoms with Crippen molar-refractivity contribution in [2.24, 2.45) is 0 Å². The summed E-state index contributed by atoms with van der Waals surface area (Å²) in [6.07, 6.45) is 11.2. The highest BCUT2D eigenvalue weighted by atomic mass is 16.1. The molecule has 1 aliphatic rings. The van der Waals surface area contributed by atoms with Crippen LogP contribution in [0.25, 0.3) is 27.9 Å². The van der Waals surface area contributed by atoms with Gasteiger partial charge >= 0.3 is 0 Å². The number of carbonyl (C=O) groups excluding carboxylic acids is 1. The van der Waals surface area contributed by atoms with Crippen LogP contribution in [0, 0.1) is 0 Å². The second-order valence-corrected chi connectivity index (χ2v) is 7.50. The number of amides is 1. The SMILES string of the molecule is CC(=O)NC1CCC(Nc2ncc3c(-c4ccc5nccn5n4)c[nH]c3n2)CC1. The maximum atomic E-state index is 11.2. The van der Waals surface area contributed by atoms with Gasteiger partial charge in [0.2, 0.25) is 11.9 Å². The van der Waals surface area contributed by atoms with Crippen molar-refractivity contribution in [1.29, 1.82) is 0 Å². The van der Waals surface area contributed by atoms with Gasteiger partial charge in [0, 0.05) is 54.7 Å². The fraction of sp³-hybridized carbons (Fsp3) is 0.350. The molecule has 9 nitrogen and oxygen atoms in total. The molecule has 29 heavy (non-hydrogen) atoms. The summed E-state index contributed by atoms with van der Waals surface area (Å²) in [6.45, 7) is 1.57. The molecule has 0 spiro atoms. The molecule has 4 aromatic rings. The zero-order valence-corrected chi connectivity index (χ0v) is 16.1. The Bertz CT molecular complexity index is 1170. The van der Waals surface area contributed by atoms with Crippen molar-refractivity contribution in [1.82, 2.24) is 34.9 Å². The van der Waals surface area contributed by atoms with Gasteiger partial charge in [-0.1, -0.05) is 0 Å². The van der Waals surface area contributed by atoms with Gasteiger partial charge in [-0.15, -0.1) is 0 Å². The Balaban J connectivity index is 1.32. The van der Waals surface area contributed by atoms with Gasteiger partial charge < -0.3 is 15.6 Å². The Morgan fingerprint density at radius 3 is 2.83 bits per heavy atom. The Kier molecular flexibility index (Phi) is 4.34. The number of rotatable bonds is 4. The molecule has 3 N–H and O–H groups in total. The molecular weight excluding hydrogens is 368 g/mol. The number of imidazole rings is 1. The van der Waals surface area contributed by atoms with E-state index in [0.717, 1.165) is 53.6 Å². The number of hydrogen-bond acceptors (Lipinski definition) is 6. The third-order valence-corrected chi connectivity index (χ3v) is 5.43. The minimum atomic E-state index is 0.0411. The first-order valence-electron chi connectivity index (χ1n) is 9.84. The molecule has 1 aliphatic carbocycles. The highest BCUT2D eigenvalue weighted by molar-refractivity contribution is 5.92. The lowest BCUT2D eigenvalue weighted by atomic mass is 9.91. The van der Waals surface area contributed by atoms with Crippen molar-refractivity contribution in [2.75, 3.05) is 5.32 Å². The predicted molar refractivity (Wildman–Crippen MR) is 109 cm³/mol. The molecule has 0 aliphatic heterocycles. The quantitative estimate of drug-likeness (QED) is 0.494. The molecule has 4 heterocycles. The first-order valence-corrected chi connectivity index (χ1v) is 9.84. The lowest BCUT2D eigenvalue weighted by Crippen LogP contribution is -2.39. The second-order valence-electron chi connectivity index (χ2n) is 7.50. The van der Waals surface area contributed by atoms with Crippen LogP contribution in [0.5, 0.6) is 0 Å². The fourth-order valence-corrected chi connectivity index (χ4v) is 4.00. The zero-order chi connectivity index (χ0) is 19.8. The van der Waals surface area contributed by atoms with Gasteiger partial charge in [-0.25, -0.2) is 14.5 Å². The summed E-state index contributed by atoms with van der Waals surface area (Å²) in [6, 6.07) is 4.48. The zero-order valence-electron chi connectivity index (χ0n) is 16.1. The van der Waals surface area contributed by atoms with E-state index in [4.69, 9.17) is 0 Å². The van der Waals surface area contributed by atoms with E-state index in [2.05, 4.69) is 35.7 Å². The lowest BCUT2D eigenvalue weighted by molar-refractivity contribution is -0.119. The molecule has 1 fully saturated rings. The molecule has 9 heteroatoms. The molecule has 148 valence electrons. The minimum Gasteiger partial charge on any atom is -0.354 e. The molecule has 1 saturated carbocycles. The van der Waals surface area contributed by atoms with Crippen LogP contribution in [0.15, 0.2) is 36.9 Å². The smallest absolute Gasteiger partial charge is 0.224 e. The third kappa shape index (κ3) is 3.51. The van der Waals surface area contributed by atoms with E-state index in [1.807, 2.05) is 30.7 Å². The monoisotopic (exact) mass is 390 g/mol. The molecule has 4 aromatic heterocycles. The normalized spacial score (nSPS) is 19.5. The van der Waals surface area contributed by atoms with Gasteiger partial charge in [0.05, 0.1) is 5.69 Å². The predicted octanol–water partition coefficient (Wildman–Crippen LogP) is 2.53. The summed E-state index contributed by atoms with van der Waals surface area (Å²) >= 11 is 0. The maximum Gasteiger partial charge on any atom is 0.224 e. The van der Waals surface area contributed by atoms with Crippen LogP contribution in [0.3, 0.4) is 0 Å². The van der Waals surface area contributed by atoms with Crippen molar-refractivity contribution >= 4 is 28.5 Å². The highest BCUT2D eigenvalue weighted by Gasteiger charge is 2.22. The minimum absolute atomic E-state index is 0.0411. The Labute approximate surface area is 167 Å². The number of aromatic amines is 1. The third-order valence-electron chi connectivity index (χ3n) is 5.43. The van der Waals surface area contributed by atoms with E-state index >= 15 is 0 Å². The number of carbonyl (C=O) groups is 1. The first-order chi connectivity index (χ1) is 14.2. The van der Waals surface area contributed by atoms with E-state index in [0.29, 0.717) is 12.0 Å². The van der Waals surface area contributed by atoms with Crippen LogP contribution in [0.2, 0.25) is 0 Å². The molecule has 1 amide bonds. The Morgan fingerprint density at radius 1 is 1.17 bits per heavy atom. The van der Waals surface area contributed by atoms with Crippen molar-refractivity contribution in [3.05, 3.63) is 36.9 Å². The summed E-state index contributed by atoms with van der Waals surface area (Å²) in [5, 5.41) is 12.0. The van der Waals surface area contributed by atoms with E-state index in [-0.39, 0.29) is 11.9 Å². The average Bonchev–Trinajstić information content (AvgIpc) is 3.35. The van der Waals surface area contributed by atoms with Gasteiger partial charge in [-0.05, 0) is 37.8 Å². The highest BCUT2D eigenvalue weighted by Crippen LogP contribution is 2.27. The van der Waals surface area contributed by atoms with Crippen molar-refractivity contribution < 1.29 is 4.79 Å². The molecule has 0 radical (unpaired) electrons. The lowest BCUT2D eigenvalue weighted by Gasteiger charge is -2.29. The van der Waals surface area contributed by atoms with Gasteiger partial charge in [-0.3, -0.25) is 4.79 Å². The Hall–Kier alpha value is -3.49. The molecule has 5 rings (SSSR count). The summed E-state index contributed by atoms with van der Waals surface area (Å²) in [5.41, 5.74) is 3.38. The van der Waals surface area contributed by atoms with E-state index in [1.54, 1.807) is 17.6 Å². The topological polar surface area (TPSA) is 113 Å². The van der Waals surface area contributed by atoms with Gasteiger partial charge in [0.15, 0.2) is 5.65 Å². The number of anilines is 1. The number of aromatic nitrogens is 6. The number of nitrogens with one attached hydrogen (secondary N) is 3. The second kappa shape index (κ2) is 7.16.